The number of benzene rings is 3. The van der Waals surface area contributed by atoms with E-state index in [0.717, 1.165) is 36.0 Å². The highest BCUT2D eigenvalue weighted by Crippen LogP contribution is 2.40. The van der Waals surface area contributed by atoms with E-state index in [1.54, 1.807) is 48.5 Å². The Kier molecular flexibility index (Phi) is 8.42. The Balaban J connectivity index is 2.14. The van der Waals surface area contributed by atoms with Crippen LogP contribution < -0.4 is 9.47 Å². The predicted molar refractivity (Wildman–Crippen MR) is 131 cm³/mol. The van der Waals surface area contributed by atoms with Gasteiger partial charge in [-0.1, -0.05) is 76.6 Å². The summed E-state index contributed by atoms with van der Waals surface area (Å²) in [7, 11) is 0. The predicted octanol–water partition coefficient (Wildman–Crippen LogP) is 6.84. The largest absolute Gasteiger partial charge is 0.419 e. The maximum Gasteiger partial charge on any atom is 0.343 e. The zero-order valence-corrected chi connectivity index (χ0v) is 19.9. The molecule has 0 heterocycles. The fraction of sp³-hybridized carbons (Fsp3) is 0.310. The summed E-state index contributed by atoms with van der Waals surface area (Å²) >= 11 is 0. The van der Waals surface area contributed by atoms with Crippen LogP contribution in [0.3, 0.4) is 0 Å². The van der Waals surface area contributed by atoms with Crippen molar-refractivity contribution in [2.45, 2.75) is 53.4 Å². The number of carbonyl (C=O) groups excluding carboxylic acids is 2. The molecule has 33 heavy (non-hydrogen) atoms. The van der Waals surface area contributed by atoms with Crippen LogP contribution >= 0.6 is 0 Å². The van der Waals surface area contributed by atoms with Crippen LogP contribution in [0.15, 0.2) is 66.7 Å². The minimum absolute atomic E-state index is 0.339. The second-order valence-electron chi connectivity index (χ2n) is 8.54. The van der Waals surface area contributed by atoms with E-state index in [-0.39, 0.29) is 0 Å². The molecule has 0 radical (unpaired) electrons. The average Bonchev–Trinajstić information content (AvgIpc) is 2.83. The Morgan fingerprint density at radius 1 is 0.758 bits per heavy atom. The van der Waals surface area contributed by atoms with Gasteiger partial charge in [0.05, 0.1) is 11.1 Å². The van der Waals surface area contributed by atoms with Gasteiger partial charge in [0, 0.05) is 5.56 Å². The van der Waals surface area contributed by atoms with Crippen LogP contribution in [0.1, 0.15) is 71.5 Å². The summed E-state index contributed by atoms with van der Waals surface area (Å²) in [6.07, 6.45) is 3.09. The van der Waals surface area contributed by atoms with Crippen molar-refractivity contribution >= 4 is 11.9 Å². The Hall–Kier alpha value is -3.40. The van der Waals surface area contributed by atoms with E-state index >= 15 is 0 Å². The fourth-order valence-electron chi connectivity index (χ4n) is 3.87. The molecule has 3 rings (SSSR count). The van der Waals surface area contributed by atoms with E-state index < -0.39 is 11.9 Å². The molecule has 0 unspecified atom stereocenters. The van der Waals surface area contributed by atoms with Gasteiger partial charge in [-0.15, -0.1) is 0 Å². The van der Waals surface area contributed by atoms with Gasteiger partial charge in [-0.25, -0.2) is 9.59 Å². The third-order valence-electron chi connectivity index (χ3n) is 5.43. The molecule has 0 aliphatic heterocycles. The van der Waals surface area contributed by atoms with Crippen molar-refractivity contribution < 1.29 is 19.1 Å². The maximum absolute atomic E-state index is 13.0. The molecule has 4 nitrogen and oxygen atoms in total. The molecule has 0 bridgehead atoms. The topological polar surface area (TPSA) is 52.6 Å². The Morgan fingerprint density at radius 2 is 1.27 bits per heavy atom. The molecule has 0 aliphatic rings. The number of rotatable bonds is 9. The lowest BCUT2D eigenvalue weighted by atomic mass is 9.91. The average molecular weight is 445 g/mol. The second-order valence-corrected chi connectivity index (χ2v) is 8.54. The minimum atomic E-state index is -0.471. The van der Waals surface area contributed by atoms with E-state index in [1.165, 1.54) is 0 Å². The lowest BCUT2D eigenvalue weighted by Crippen LogP contribution is -2.16. The summed E-state index contributed by atoms with van der Waals surface area (Å²) < 4.78 is 11.9. The molecule has 0 fully saturated rings. The number of carbonyl (C=O) groups is 2. The van der Waals surface area contributed by atoms with E-state index in [9.17, 15) is 9.59 Å². The molecule has 0 saturated heterocycles. The summed E-state index contributed by atoms with van der Waals surface area (Å²) in [6.45, 7) is 8.43. The second kappa shape index (κ2) is 11.5. The fourth-order valence-corrected chi connectivity index (χ4v) is 3.87. The molecule has 0 saturated carbocycles. The van der Waals surface area contributed by atoms with Gasteiger partial charge in [0.25, 0.3) is 0 Å². The van der Waals surface area contributed by atoms with Crippen LogP contribution in [0.25, 0.3) is 0 Å². The van der Waals surface area contributed by atoms with Crippen molar-refractivity contribution in [1.82, 2.24) is 0 Å². The number of ether oxygens (including phenoxy) is 2. The molecule has 0 N–H and O–H groups in total. The first-order valence-corrected chi connectivity index (χ1v) is 11.7. The highest BCUT2D eigenvalue weighted by molar-refractivity contribution is 5.93. The molecule has 0 spiro atoms. The lowest BCUT2D eigenvalue weighted by molar-refractivity contribution is 0.0679. The first-order chi connectivity index (χ1) is 15.9. The number of esters is 2. The molecular formula is C29H32O4. The Bertz CT molecular complexity index is 1090. The summed E-state index contributed by atoms with van der Waals surface area (Å²) in [5.41, 5.74) is 3.82. The van der Waals surface area contributed by atoms with Crippen molar-refractivity contribution in [2.75, 3.05) is 0 Å². The van der Waals surface area contributed by atoms with Gasteiger partial charge in [-0.2, -0.15) is 0 Å². The van der Waals surface area contributed by atoms with Crippen molar-refractivity contribution in [3.63, 3.8) is 0 Å². The summed E-state index contributed by atoms with van der Waals surface area (Å²) in [5, 5.41) is 0. The van der Waals surface area contributed by atoms with Crippen molar-refractivity contribution in [2.24, 2.45) is 5.92 Å². The third-order valence-corrected chi connectivity index (χ3v) is 5.43. The first kappa shape index (κ1) is 24.2. The number of hydrogen-bond acceptors (Lipinski definition) is 4. The molecule has 0 atom stereocenters. The zero-order valence-electron chi connectivity index (χ0n) is 19.9. The number of hydrogen-bond donors (Lipinski definition) is 0. The Labute approximate surface area is 196 Å². The Morgan fingerprint density at radius 3 is 1.73 bits per heavy atom. The van der Waals surface area contributed by atoms with Crippen LogP contribution in [-0.4, -0.2) is 11.9 Å². The lowest BCUT2D eigenvalue weighted by Gasteiger charge is -2.22. The molecule has 3 aromatic carbocycles. The minimum Gasteiger partial charge on any atom is -0.419 e. The molecular weight excluding hydrogens is 412 g/mol. The molecule has 0 amide bonds. The van der Waals surface area contributed by atoms with E-state index in [2.05, 4.69) is 26.8 Å². The van der Waals surface area contributed by atoms with Gasteiger partial charge in [0.15, 0.2) is 11.5 Å². The van der Waals surface area contributed by atoms with Crippen LogP contribution in [-0.2, 0) is 19.3 Å². The highest BCUT2D eigenvalue weighted by atomic mass is 16.6. The summed E-state index contributed by atoms with van der Waals surface area (Å²) in [5.74, 6) is 0.201. The monoisotopic (exact) mass is 444 g/mol. The van der Waals surface area contributed by atoms with Crippen LogP contribution in [0.4, 0.5) is 0 Å². The SMILES string of the molecule is CCCc1c(CC(C)C)cc(CC)c(OC(=O)c2ccccc2)c1OC(=O)c1ccccc1. The molecule has 0 aliphatic carbocycles. The van der Waals surface area contributed by atoms with Gasteiger partial charge in [0.2, 0.25) is 0 Å². The first-order valence-electron chi connectivity index (χ1n) is 11.7. The molecule has 0 aromatic heterocycles. The van der Waals surface area contributed by atoms with Gasteiger partial charge < -0.3 is 9.47 Å². The van der Waals surface area contributed by atoms with Crippen molar-refractivity contribution in [3.8, 4) is 11.5 Å². The molecule has 172 valence electrons. The third kappa shape index (κ3) is 6.10. The highest BCUT2D eigenvalue weighted by Gasteiger charge is 2.25. The molecule has 4 heteroatoms. The summed E-state index contributed by atoms with van der Waals surface area (Å²) in [4.78, 5) is 26.0. The van der Waals surface area contributed by atoms with Crippen LogP contribution in [0.2, 0.25) is 0 Å². The summed E-state index contributed by atoms with van der Waals surface area (Å²) in [6, 6.07) is 19.9. The van der Waals surface area contributed by atoms with Gasteiger partial charge >= 0.3 is 11.9 Å². The standard InChI is InChI=1S/C29H32O4/c1-5-13-25-24(18-20(3)4)19-21(6-2)26(32-28(30)22-14-9-7-10-15-22)27(25)33-29(31)23-16-11-8-12-17-23/h7-12,14-17,19-20H,5-6,13,18H2,1-4H3. The van der Waals surface area contributed by atoms with Gasteiger partial charge in [0.1, 0.15) is 0 Å². The van der Waals surface area contributed by atoms with Crippen LogP contribution in [0, 0.1) is 5.92 Å². The van der Waals surface area contributed by atoms with E-state index in [1.807, 2.05) is 19.1 Å². The smallest absolute Gasteiger partial charge is 0.343 e. The maximum atomic E-state index is 13.0. The van der Waals surface area contributed by atoms with Crippen LogP contribution in [0.5, 0.6) is 11.5 Å². The molecule has 3 aromatic rings. The van der Waals surface area contributed by atoms with E-state index in [0.29, 0.717) is 35.0 Å². The zero-order chi connectivity index (χ0) is 23.8. The number of aryl methyl sites for hydroxylation is 1. The van der Waals surface area contributed by atoms with Gasteiger partial charge in [-0.3, -0.25) is 0 Å². The quantitative estimate of drug-likeness (QED) is 0.268. The van der Waals surface area contributed by atoms with Crippen molar-refractivity contribution in [1.29, 1.82) is 0 Å². The van der Waals surface area contributed by atoms with Crippen molar-refractivity contribution in [3.05, 3.63) is 94.5 Å². The van der Waals surface area contributed by atoms with E-state index in [4.69, 9.17) is 9.47 Å². The van der Waals surface area contributed by atoms with Gasteiger partial charge in [-0.05, 0) is 60.6 Å². The normalized spacial score (nSPS) is 10.8.